The number of aliphatic hydroxyl groups excluding tert-OH is 1. The van der Waals surface area contributed by atoms with Crippen LogP contribution in [0.2, 0.25) is 0 Å². The molecule has 0 radical (unpaired) electrons. The third kappa shape index (κ3) is 3.16. The van der Waals surface area contributed by atoms with Crippen molar-refractivity contribution in [3.05, 3.63) is 32.8 Å². The molecule has 1 atom stereocenters. The van der Waals surface area contributed by atoms with Crippen molar-refractivity contribution >= 4 is 21.6 Å². The molecule has 0 aliphatic heterocycles. The normalized spacial score (nSPS) is 12.2. The molecule has 1 unspecified atom stereocenters. The lowest BCUT2D eigenvalue weighted by Gasteiger charge is -2.11. The molecule has 7 heteroatoms. The molecular weight excluding hydrogens is 280 g/mol. The highest BCUT2D eigenvalue weighted by Crippen LogP contribution is 2.33. The highest BCUT2D eigenvalue weighted by molar-refractivity contribution is 9.10. The fourth-order valence-corrected chi connectivity index (χ4v) is 1.53. The van der Waals surface area contributed by atoms with Crippen molar-refractivity contribution in [3.8, 4) is 5.75 Å². The van der Waals surface area contributed by atoms with Crippen molar-refractivity contribution in [2.24, 2.45) is 5.73 Å². The SMILES string of the molecule is NCC(O)COc1cccc([N+](=O)[O-])c1Br. The van der Waals surface area contributed by atoms with E-state index in [2.05, 4.69) is 15.9 Å². The number of ether oxygens (including phenoxy) is 1. The van der Waals surface area contributed by atoms with Gasteiger partial charge in [-0.25, -0.2) is 0 Å². The molecule has 16 heavy (non-hydrogen) atoms. The Kier molecular flexibility index (Phi) is 4.66. The number of rotatable bonds is 5. The number of halogens is 1. The first kappa shape index (κ1) is 12.9. The first-order valence-electron chi connectivity index (χ1n) is 4.50. The van der Waals surface area contributed by atoms with E-state index in [1.54, 1.807) is 6.07 Å². The molecule has 0 aromatic heterocycles. The van der Waals surface area contributed by atoms with Gasteiger partial charge >= 0.3 is 0 Å². The zero-order chi connectivity index (χ0) is 12.1. The van der Waals surface area contributed by atoms with Crippen molar-refractivity contribution in [1.29, 1.82) is 0 Å². The topological polar surface area (TPSA) is 98.6 Å². The van der Waals surface area contributed by atoms with Crippen molar-refractivity contribution in [2.75, 3.05) is 13.2 Å². The fourth-order valence-electron chi connectivity index (χ4n) is 1.01. The van der Waals surface area contributed by atoms with Crippen LogP contribution >= 0.6 is 15.9 Å². The molecule has 0 aliphatic rings. The van der Waals surface area contributed by atoms with Gasteiger partial charge < -0.3 is 15.6 Å². The summed E-state index contributed by atoms with van der Waals surface area (Å²) in [7, 11) is 0. The number of hydrogen-bond acceptors (Lipinski definition) is 5. The summed E-state index contributed by atoms with van der Waals surface area (Å²) in [6, 6.07) is 4.43. The van der Waals surface area contributed by atoms with Gasteiger partial charge in [-0.05, 0) is 22.0 Å². The van der Waals surface area contributed by atoms with E-state index in [4.69, 9.17) is 10.5 Å². The Hall–Kier alpha value is -1.18. The Balaban J connectivity index is 2.81. The third-order valence-electron chi connectivity index (χ3n) is 1.84. The average molecular weight is 291 g/mol. The van der Waals surface area contributed by atoms with Crippen molar-refractivity contribution in [3.63, 3.8) is 0 Å². The predicted molar refractivity (Wildman–Crippen MR) is 61.4 cm³/mol. The highest BCUT2D eigenvalue weighted by atomic mass is 79.9. The van der Waals surface area contributed by atoms with Gasteiger partial charge in [0.2, 0.25) is 0 Å². The minimum atomic E-state index is -0.786. The number of nitrogens with two attached hydrogens (primary N) is 1. The molecule has 0 saturated carbocycles. The first-order chi connectivity index (χ1) is 7.56. The Morgan fingerprint density at radius 3 is 2.88 bits per heavy atom. The van der Waals surface area contributed by atoms with Gasteiger partial charge in [-0.2, -0.15) is 0 Å². The molecule has 1 aromatic rings. The van der Waals surface area contributed by atoms with Crippen molar-refractivity contribution < 1.29 is 14.8 Å². The van der Waals surface area contributed by atoms with Crippen LogP contribution in [0.4, 0.5) is 5.69 Å². The van der Waals surface area contributed by atoms with E-state index in [0.717, 1.165) is 0 Å². The summed E-state index contributed by atoms with van der Waals surface area (Å²) in [6.45, 7) is 0.0722. The number of hydrogen-bond donors (Lipinski definition) is 2. The van der Waals surface area contributed by atoms with Gasteiger partial charge in [-0.3, -0.25) is 10.1 Å². The minimum absolute atomic E-state index is 0.00370. The quantitative estimate of drug-likeness (QED) is 0.624. The monoisotopic (exact) mass is 290 g/mol. The van der Waals surface area contributed by atoms with Crippen LogP contribution in [-0.2, 0) is 0 Å². The molecule has 0 saturated heterocycles. The second-order valence-corrected chi connectivity index (χ2v) is 3.84. The maximum Gasteiger partial charge on any atom is 0.287 e. The zero-order valence-corrected chi connectivity index (χ0v) is 9.88. The molecule has 88 valence electrons. The summed E-state index contributed by atoms with van der Waals surface area (Å²) < 4.78 is 5.45. The minimum Gasteiger partial charge on any atom is -0.489 e. The van der Waals surface area contributed by atoms with Gasteiger partial charge in [0.05, 0.1) is 4.92 Å². The average Bonchev–Trinajstić information content (AvgIpc) is 2.26. The van der Waals surface area contributed by atoms with Crippen LogP contribution < -0.4 is 10.5 Å². The molecular formula is C9H11BrN2O4. The Labute approximate surface area is 100 Å². The number of nitrogens with zero attached hydrogens (tertiary/aromatic N) is 1. The number of benzene rings is 1. The molecule has 0 fully saturated rings. The summed E-state index contributed by atoms with van der Waals surface area (Å²) >= 11 is 3.07. The molecule has 0 amide bonds. The smallest absolute Gasteiger partial charge is 0.287 e. The second-order valence-electron chi connectivity index (χ2n) is 3.05. The molecule has 0 heterocycles. The lowest BCUT2D eigenvalue weighted by Crippen LogP contribution is -2.26. The van der Waals surface area contributed by atoms with E-state index in [1.807, 2.05) is 0 Å². The largest absolute Gasteiger partial charge is 0.489 e. The van der Waals surface area contributed by atoms with Gasteiger partial charge in [0.25, 0.3) is 5.69 Å². The summed E-state index contributed by atoms with van der Waals surface area (Å²) in [4.78, 5) is 10.1. The van der Waals surface area contributed by atoms with Crippen LogP contribution in [-0.4, -0.2) is 29.3 Å². The lowest BCUT2D eigenvalue weighted by molar-refractivity contribution is -0.385. The summed E-state index contributed by atoms with van der Waals surface area (Å²) in [6.07, 6.45) is -0.786. The van der Waals surface area contributed by atoms with E-state index >= 15 is 0 Å². The van der Waals surface area contributed by atoms with Crippen LogP contribution in [0.15, 0.2) is 22.7 Å². The molecule has 1 rings (SSSR count). The Morgan fingerprint density at radius 2 is 2.31 bits per heavy atom. The highest BCUT2D eigenvalue weighted by Gasteiger charge is 2.16. The fraction of sp³-hybridized carbons (Fsp3) is 0.333. The number of aliphatic hydroxyl groups is 1. The van der Waals surface area contributed by atoms with E-state index in [-0.39, 0.29) is 23.3 Å². The Bertz CT molecular complexity index is 386. The predicted octanol–water partition coefficient (Wildman–Crippen LogP) is 1.06. The summed E-state index contributed by atoms with van der Waals surface area (Å²) in [5.74, 6) is 0.307. The molecule has 0 spiro atoms. The maximum absolute atomic E-state index is 10.6. The summed E-state index contributed by atoms with van der Waals surface area (Å²) in [5, 5.41) is 19.8. The van der Waals surface area contributed by atoms with E-state index < -0.39 is 11.0 Å². The van der Waals surface area contributed by atoms with E-state index in [1.165, 1.54) is 12.1 Å². The lowest BCUT2D eigenvalue weighted by atomic mass is 10.3. The van der Waals surface area contributed by atoms with E-state index in [0.29, 0.717) is 5.75 Å². The Morgan fingerprint density at radius 1 is 1.62 bits per heavy atom. The van der Waals surface area contributed by atoms with Crippen molar-refractivity contribution in [1.82, 2.24) is 0 Å². The van der Waals surface area contributed by atoms with Gasteiger partial charge in [0, 0.05) is 12.6 Å². The van der Waals surface area contributed by atoms with Crippen LogP contribution in [0.1, 0.15) is 0 Å². The molecule has 1 aromatic carbocycles. The van der Waals surface area contributed by atoms with Crippen LogP contribution in [0.3, 0.4) is 0 Å². The third-order valence-corrected chi connectivity index (χ3v) is 2.64. The number of nitro groups is 1. The standard InChI is InChI=1S/C9H11BrN2O4/c10-9-7(12(14)15)2-1-3-8(9)16-5-6(13)4-11/h1-3,6,13H,4-5,11H2. The van der Waals surface area contributed by atoms with Crippen LogP contribution in [0.5, 0.6) is 5.75 Å². The molecule has 6 nitrogen and oxygen atoms in total. The first-order valence-corrected chi connectivity index (χ1v) is 5.29. The molecule has 0 bridgehead atoms. The maximum atomic E-state index is 10.6. The zero-order valence-electron chi connectivity index (χ0n) is 8.30. The van der Waals surface area contributed by atoms with Gasteiger partial charge in [0.1, 0.15) is 22.9 Å². The van der Waals surface area contributed by atoms with E-state index in [9.17, 15) is 15.2 Å². The molecule has 3 N–H and O–H groups in total. The van der Waals surface area contributed by atoms with Gasteiger partial charge in [-0.1, -0.05) is 6.07 Å². The van der Waals surface area contributed by atoms with Gasteiger partial charge in [-0.15, -0.1) is 0 Å². The second kappa shape index (κ2) is 5.78. The van der Waals surface area contributed by atoms with Crippen molar-refractivity contribution in [2.45, 2.75) is 6.10 Å². The number of nitro benzene ring substituents is 1. The summed E-state index contributed by atoms with van der Waals surface area (Å²) in [5.41, 5.74) is 5.12. The van der Waals surface area contributed by atoms with Crippen LogP contribution in [0.25, 0.3) is 0 Å². The van der Waals surface area contributed by atoms with Crippen LogP contribution in [0, 0.1) is 10.1 Å². The van der Waals surface area contributed by atoms with Gasteiger partial charge in [0.15, 0.2) is 0 Å². The molecule has 0 aliphatic carbocycles.